The Labute approximate surface area is 137 Å². The molecule has 1 rings (SSSR count). The van der Waals surface area contributed by atoms with Crippen molar-refractivity contribution in [3.05, 3.63) is 24.0 Å². The van der Waals surface area contributed by atoms with Crippen molar-refractivity contribution >= 4 is 10.1 Å². The molecule has 1 unspecified atom stereocenters. The monoisotopic (exact) mass is 331 g/mol. The minimum absolute atomic E-state index is 0.604. The highest BCUT2D eigenvalue weighted by Crippen LogP contribution is 2.08. The van der Waals surface area contributed by atoms with E-state index in [0.29, 0.717) is 6.26 Å². The van der Waals surface area contributed by atoms with Gasteiger partial charge in [-0.15, -0.1) is 0 Å². The SMILES string of the molecule is CCCCCCCCC[NH+]1C=CC(CCC)=C1.CS(=O)(=O)[O-]. The van der Waals surface area contributed by atoms with Crippen molar-refractivity contribution in [1.29, 1.82) is 0 Å². The van der Waals surface area contributed by atoms with Gasteiger partial charge < -0.3 is 4.55 Å². The maximum atomic E-state index is 9.08. The minimum atomic E-state index is -3.92. The summed E-state index contributed by atoms with van der Waals surface area (Å²) < 4.78 is 27.2. The molecule has 1 aliphatic heterocycles. The Bertz CT molecular complexity index is 419. The van der Waals surface area contributed by atoms with Gasteiger partial charge >= 0.3 is 0 Å². The average Bonchev–Trinajstić information content (AvgIpc) is 2.84. The van der Waals surface area contributed by atoms with Crippen LogP contribution in [0.25, 0.3) is 0 Å². The predicted octanol–water partition coefficient (Wildman–Crippen LogP) is 2.99. The number of hydrogen-bond acceptors (Lipinski definition) is 3. The molecular formula is C17H33NO3S. The van der Waals surface area contributed by atoms with Crippen LogP contribution in [-0.4, -0.2) is 25.8 Å². The van der Waals surface area contributed by atoms with Gasteiger partial charge in [0.2, 0.25) is 0 Å². The number of hydrogen-bond donors (Lipinski definition) is 1. The minimum Gasteiger partial charge on any atom is -0.748 e. The molecular weight excluding hydrogens is 298 g/mol. The van der Waals surface area contributed by atoms with Gasteiger partial charge in [-0.05, 0) is 19.3 Å². The molecule has 0 radical (unpaired) electrons. The molecule has 4 nitrogen and oxygen atoms in total. The number of rotatable bonds is 10. The summed E-state index contributed by atoms with van der Waals surface area (Å²) in [6.07, 6.45) is 20.0. The van der Waals surface area contributed by atoms with Gasteiger partial charge in [0.1, 0.15) is 6.20 Å². The van der Waals surface area contributed by atoms with E-state index in [-0.39, 0.29) is 0 Å². The van der Waals surface area contributed by atoms with Crippen LogP contribution in [0, 0.1) is 0 Å². The van der Waals surface area contributed by atoms with Crippen molar-refractivity contribution in [2.75, 3.05) is 12.8 Å². The number of nitrogens with one attached hydrogen (secondary N) is 1. The summed E-state index contributed by atoms with van der Waals surface area (Å²) in [5.41, 5.74) is 1.53. The van der Waals surface area contributed by atoms with Gasteiger partial charge in [-0.25, -0.2) is 8.42 Å². The Morgan fingerprint density at radius 1 is 1.00 bits per heavy atom. The van der Waals surface area contributed by atoms with Gasteiger partial charge in [0.05, 0.1) is 22.9 Å². The number of quaternary nitrogens is 1. The van der Waals surface area contributed by atoms with Crippen molar-refractivity contribution in [2.45, 2.75) is 71.6 Å². The molecule has 5 heteroatoms. The molecule has 1 aliphatic rings. The lowest BCUT2D eigenvalue weighted by molar-refractivity contribution is -0.788. The van der Waals surface area contributed by atoms with Crippen LogP contribution in [0.2, 0.25) is 0 Å². The second kappa shape index (κ2) is 12.9. The molecule has 0 aromatic heterocycles. The Hall–Kier alpha value is -0.650. The molecule has 0 fully saturated rings. The standard InChI is InChI=1S/C16H29N.CH4O3S/c1-3-5-6-7-8-9-10-13-17-14-12-16(15-17)11-4-2;1-5(2,3)4/h12,14-15H,3-11,13H2,1-2H3;1H3,(H,2,3,4). The molecule has 0 spiro atoms. The Morgan fingerprint density at radius 3 is 2.09 bits per heavy atom. The fourth-order valence-electron chi connectivity index (χ4n) is 2.43. The van der Waals surface area contributed by atoms with Gasteiger partial charge in [0.15, 0.2) is 0 Å². The smallest absolute Gasteiger partial charge is 0.102 e. The zero-order valence-electron chi connectivity index (χ0n) is 14.4. The fraction of sp³-hybridized carbons (Fsp3) is 0.765. The molecule has 0 aliphatic carbocycles. The summed E-state index contributed by atoms with van der Waals surface area (Å²) in [6.45, 7) is 5.82. The Morgan fingerprint density at radius 2 is 1.55 bits per heavy atom. The maximum absolute atomic E-state index is 9.08. The highest BCUT2D eigenvalue weighted by Gasteiger charge is 2.09. The zero-order chi connectivity index (χ0) is 16.8. The molecule has 0 aromatic carbocycles. The molecule has 1 atom stereocenters. The summed E-state index contributed by atoms with van der Waals surface area (Å²) >= 11 is 0. The van der Waals surface area contributed by atoms with Gasteiger partial charge in [-0.3, -0.25) is 4.90 Å². The van der Waals surface area contributed by atoms with Crippen molar-refractivity contribution in [1.82, 2.24) is 0 Å². The van der Waals surface area contributed by atoms with E-state index in [1.54, 1.807) is 4.90 Å². The first-order valence-electron chi connectivity index (χ1n) is 8.52. The molecule has 0 saturated carbocycles. The van der Waals surface area contributed by atoms with Gasteiger partial charge in [-0.1, -0.05) is 52.4 Å². The molecule has 0 aromatic rings. The molecule has 1 heterocycles. The van der Waals surface area contributed by atoms with Crippen molar-refractivity contribution in [2.24, 2.45) is 0 Å². The third-order valence-corrected chi connectivity index (χ3v) is 3.49. The quantitative estimate of drug-likeness (QED) is 0.494. The third kappa shape index (κ3) is 15.7. The van der Waals surface area contributed by atoms with Crippen molar-refractivity contribution < 1.29 is 17.9 Å². The van der Waals surface area contributed by atoms with Crippen LogP contribution in [0.4, 0.5) is 0 Å². The first kappa shape index (κ1) is 21.4. The van der Waals surface area contributed by atoms with E-state index in [1.165, 1.54) is 69.9 Å². The highest BCUT2D eigenvalue weighted by atomic mass is 32.2. The van der Waals surface area contributed by atoms with Gasteiger partial charge in [-0.2, -0.15) is 0 Å². The van der Waals surface area contributed by atoms with E-state index in [4.69, 9.17) is 13.0 Å². The lowest BCUT2D eigenvalue weighted by Crippen LogP contribution is -3.01. The van der Waals surface area contributed by atoms with E-state index in [0.717, 1.165) is 0 Å². The molecule has 22 heavy (non-hydrogen) atoms. The van der Waals surface area contributed by atoms with Crippen molar-refractivity contribution in [3.8, 4) is 0 Å². The first-order chi connectivity index (χ1) is 10.4. The summed E-state index contributed by atoms with van der Waals surface area (Å²) in [6, 6.07) is 0. The van der Waals surface area contributed by atoms with E-state index in [1.807, 2.05) is 0 Å². The third-order valence-electron chi connectivity index (χ3n) is 3.49. The van der Waals surface area contributed by atoms with E-state index < -0.39 is 10.1 Å². The summed E-state index contributed by atoms with van der Waals surface area (Å²) in [4.78, 5) is 1.56. The second-order valence-corrected chi connectivity index (χ2v) is 7.36. The Balaban J connectivity index is 0.000000763. The Kier molecular flexibility index (Phi) is 12.5. The first-order valence-corrected chi connectivity index (χ1v) is 10.3. The van der Waals surface area contributed by atoms with Crippen LogP contribution < -0.4 is 4.90 Å². The normalized spacial score (nSPS) is 17.1. The van der Waals surface area contributed by atoms with Crippen LogP contribution in [0.3, 0.4) is 0 Å². The van der Waals surface area contributed by atoms with E-state index >= 15 is 0 Å². The fourth-order valence-corrected chi connectivity index (χ4v) is 2.43. The summed E-state index contributed by atoms with van der Waals surface area (Å²) in [5, 5.41) is 0. The maximum Gasteiger partial charge on any atom is 0.102 e. The van der Waals surface area contributed by atoms with Crippen molar-refractivity contribution in [3.63, 3.8) is 0 Å². The number of allylic oxidation sites excluding steroid dienone is 2. The molecule has 0 amide bonds. The van der Waals surface area contributed by atoms with E-state index in [9.17, 15) is 0 Å². The van der Waals surface area contributed by atoms with Crippen LogP contribution >= 0.6 is 0 Å². The highest BCUT2D eigenvalue weighted by molar-refractivity contribution is 7.84. The second-order valence-electron chi connectivity index (χ2n) is 5.95. The topological polar surface area (TPSA) is 61.6 Å². The van der Waals surface area contributed by atoms with Crippen LogP contribution in [-0.2, 0) is 10.1 Å². The van der Waals surface area contributed by atoms with Crippen LogP contribution in [0.1, 0.15) is 71.6 Å². The van der Waals surface area contributed by atoms with Gasteiger partial charge in [0, 0.05) is 17.9 Å². The zero-order valence-corrected chi connectivity index (χ0v) is 15.3. The van der Waals surface area contributed by atoms with Crippen LogP contribution in [0.5, 0.6) is 0 Å². The predicted molar refractivity (Wildman–Crippen MR) is 91.6 cm³/mol. The average molecular weight is 332 g/mol. The molecule has 1 N–H and O–H groups in total. The summed E-state index contributed by atoms with van der Waals surface area (Å²) in [5.74, 6) is 0. The molecule has 130 valence electrons. The van der Waals surface area contributed by atoms with Gasteiger partial charge in [0.25, 0.3) is 0 Å². The largest absolute Gasteiger partial charge is 0.748 e. The molecule has 0 bridgehead atoms. The van der Waals surface area contributed by atoms with E-state index in [2.05, 4.69) is 32.3 Å². The number of unbranched alkanes of at least 4 members (excludes halogenated alkanes) is 6. The lowest BCUT2D eigenvalue weighted by Gasteiger charge is -2.06. The lowest BCUT2D eigenvalue weighted by atomic mass is 10.1. The molecule has 0 saturated heterocycles. The van der Waals surface area contributed by atoms with Crippen LogP contribution in [0.15, 0.2) is 24.0 Å². The summed E-state index contributed by atoms with van der Waals surface area (Å²) in [7, 11) is -3.92.